The van der Waals surface area contributed by atoms with Crippen LogP contribution in [0.15, 0.2) is 23.2 Å². The van der Waals surface area contributed by atoms with E-state index in [1.165, 1.54) is 12.8 Å². The van der Waals surface area contributed by atoms with Crippen LogP contribution in [0, 0.1) is 5.82 Å². The average Bonchev–Trinajstić information content (AvgIpc) is 3.58. The molecule has 3 aliphatic rings. The predicted molar refractivity (Wildman–Crippen MR) is 132 cm³/mol. The van der Waals surface area contributed by atoms with E-state index >= 15 is 0 Å². The molecule has 1 aromatic heterocycles. The van der Waals surface area contributed by atoms with Crippen LogP contribution in [-0.4, -0.2) is 88.0 Å². The Morgan fingerprint density at radius 3 is 2.76 bits per heavy atom. The van der Waals surface area contributed by atoms with E-state index < -0.39 is 6.61 Å². The summed E-state index contributed by atoms with van der Waals surface area (Å²) < 4.78 is 14.3. The first-order chi connectivity index (χ1) is 16.1. The number of aliphatic hydroxyl groups excluding tert-OH is 1. The molecule has 0 radical (unpaired) electrons. The minimum absolute atomic E-state index is 0.184. The Hall–Kier alpha value is -2.10. The van der Waals surface area contributed by atoms with E-state index in [2.05, 4.69) is 15.2 Å². The van der Waals surface area contributed by atoms with Crippen LogP contribution in [-0.2, 0) is 4.79 Å². The Balaban J connectivity index is 1.21. The van der Waals surface area contributed by atoms with Crippen molar-refractivity contribution in [3.63, 3.8) is 0 Å². The highest BCUT2D eigenvalue weighted by Gasteiger charge is 2.25. The maximum absolute atomic E-state index is 14.3. The molecule has 2 fully saturated rings. The minimum atomic E-state index is -0.407. The number of rotatable bonds is 7. The van der Waals surface area contributed by atoms with Crippen LogP contribution in [0.2, 0.25) is 0 Å². The summed E-state index contributed by atoms with van der Waals surface area (Å²) in [5.41, 5.74) is 2.77. The molecular formula is C24H32FN5O2S. The van der Waals surface area contributed by atoms with E-state index in [0.29, 0.717) is 19.1 Å². The SMILES string of the molecule is O=C(CO)N1CCN(CCC2CSC(c3cc4cc(F)cc(NC5CCCC5)c4[nH]3)=N2)CC1. The summed E-state index contributed by atoms with van der Waals surface area (Å²) >= 11 is 1.76. The fourth-order valence-corrected chi connectivity index (χ4v) is 6.17. The number of piperazine rings is 1. The van der Waals surface area contributed by atoms with E-state index in [9.17, 15) is 9.18 Å². The van der Waals surface area contributed by atoms with Gasteiger partial charge in [0.15, 0.2) is 0 Å². The molecule has 5 rings (SSSR count). The largest absolute Gasteiger partial charge is 0.387 e. The molecule has 7 nitrogen and oxygen atoms in total. The van der Waals surface area contributed by atoms with Crippen molar-refractivity contribution in [3.05, 3.63) is 29.7 Å². The van der Waals surface area contributed by atoms with E-state index in [-0.39, 0.29) is 17.8 Å². The third-order valence-corrected chi connectivity index (χ3v) is 8.14. The highest BCUT2D eigenvalue weighted by molar-refractivity contribution is 8.14. The summed E-state index contributed by atoms with van der Waals surface area (Å²) in [5.74, 6) is 0.555. The number of benzene rings is 1. The number of aliphatic imine (C=N–C) groups is 1. The number of hydrogen-bond donors (Lipinski definition) is 3. The van der Waals surface area contributed by atoms with E-state index in [1.807, 2.05) is 6.07 Å². The maximum Gasteiger partial charge on any atom is 0.248 e. The third-order valence-electron chi connectivity index (χ3n) is 6.99. The molecule has 9 heteroatoms. The molecule has 1 atom stereocenters. The van der Waals surface area contributed by atoms with Crippen LogP contribution in [0.4, 0.5) is 10.1 Å². The number of aromatic amines is 1. The van der Waals surface area contributed by atoms with Gasteiger partial charge in [-0.05, 0) is 37.5 Å². The van der Waals surface area contributed by atoms with Crippen molar-refractivity contribution in [1.82, 2.24) is 14.8 Å². The summed E-state index contributed by atoms with van der Waals surface area (Å²) in [5, 5.41) is 14.4. The lowest BCUT2D eigenvalue weighted by Gasteiger charge is -2.34. The van der Waals surface area contributed by atoms with Crippen molar-refractivity contribution in [2.24, 2.45) is 4.99 Å². The number of carbonyl (C=O) groups is 1. The van der Waals surface area contributed by atoms with Crippen LogP contribution in [0.3, 0.4) is 0 Å². The van der Waals surface area contributed by atoms with Crippen molar-refractivity contribution in [2.45, 2.75) is 44.2 Å². The Labute approximate surface area is 197 Å². The van der Waals surface area contributed by atoms with Crippen LogP contribution < -0.4 is 5.32 Å². The fourth-order valence-electron chi connectivity index (χ4n) is 5.09. The number of anilines is 1. The molecule has 0 bridgehead atoms. The van der Waals surface area contributed by atoms with Gasteiger partial charge in [-0.15, -0.1) is 11.8 Å². The van der Waals surface area contributed by atoms with Gasteiger partial charge in [-0.1, -0.05) is 12.8 Å². The summed E-state index contributed by atoms with van der Waals surface area (Å²) in [4.78, 5) is 24.2. The molecule has 0 spiro atoms. The molecule has 3 heterocycles. The monoisotopic (exact) mass is 473 g/mol. The van der Waals surface area contributed by atoms with Crippen LogP contribution >= 0.6 is 11.8 Å². The van der Waals surface area contributed by atoms with Crippen molar-refractivity contribution in [1.29, 1.82) is 0 Å². The summed E-state index contributed by atoms with van der Waals surface area (Å²) in [6.07, 6.45) is 5.73. The van der Waals surface area contributed by atoms with Gasteiger partial charge in [-0.3, -0.25) is 14.7 Å². The number of amides is 1. The van der Waals surface area contributed by atoms with Gasteiger partial charge in [0.1, 0.15) is 17.5 Å². The summed E-state index contributed by atoms with van der Waals surface area (Å²) in [6.45, 7) is 3.58. The molecule has 1 saturated carbocycles. The highest BCUT2D eigenvalue weighted by Crippen LogP contribution is 2.32. The zero-order chi connectivity index (χ0) is 22.8. The topological polar surface area (TPSA) is 84.0 Å². The molecule has 1 aliphatic carbocycles. The van der Waals surface area contributed by atoms with Crippen LogP contribution in [0.5, 0.6) is 0 Å². The van der Waals surface area contributed by atoms with Crippen molar-refractivity contribution in [2.75, 3.05) is 50.4 Å². The molecule has 3 N–H and O–H groups in total. The predicted octanol–water partition coefficient (Wildman–Crippen LogP) is 3.05. The van der Waals surface area contributed by atoms with Gasteiger partial charge in [-0.2, -0.15) is 0 Å². The van der Waals surface area contributed by atoms with Crippen molar-refractivity contribution >= 4 is 39.3 Å². The van der Waals surface area contributed by atoms with Crippen LogP contribution in [0.1, 0.15) is 37.8 Å². The van der Waals surface area contributed by atoms with Gasteiger partial charge in [-0.25, -0.2) is 4.39 Å². The highest BCUT2D eigenvalue weighted by atomic mass is 32.2. The smallest absolute Gasteiger partial charge is 0.248 e. The molecular weight excluding hydrogens is 441 g/mol. The molecule has 1 saturated heterocycles. The third kappa shape index (κ3) is 5.20. The maximum atomic E-state index is 14.3. The van der Waals surface area contributed by atoms with Gasteiger partial charge >= 0.3 is 0 Å². The van der Waals surface area contributed by atoms with E-state index in [4.69, 9.17) is 10.1 Å². The molecule has 1 amide bonds. The van der Waals surface area contributed by atoms with E-state index in [1.54, 1.807) is 28.8 Å². The molecule has 33 heavy (non-hydrogen) atoms. The summed E-state index contributed by atoms with van der Waals surface area (Å²) in [7, 11) is 0. The van der Waals surface area contributed by atoms with Gasteiger partial charge in [0.05, 0.1) is 22.9 Å². The number of thioether (sulfide) groups is 1. The molecule has 1 unspecified atom stereocenters. The van der Waals surface area contributed by atoms with Gasteiger partial charge < -0.3 is 20.3 Å². The zero-order valence-corrected chi connectivity index (χ0v) is 19.7. The quantitative estimate of drug-likeness (QED) is 0.576. The lowest BCUT2D eigenvalue weighted by Crippen LogP contribution is -2.49. The number of aliphatic hydroxyl groups is 1. The Morgan fingerprint density at radius 1 is 1.21 bits per heavy atom. The number of carbonyl (C=O) groups excluding carboxylic acids is 1. The van der Waals surface area contributed by atoms with Crippen LogP contribution in [0.25, 0.3) is 10.9 Å². The van der Waals surface area contributed by atoms with E-state index in [0.717, 1.165) is 72.0 Å². The Bertz CT molecular complexity index is 1030. The number of hydrogen-bond acceptors (Lipinski definition) is 6. The number of nitrogens with zero attached hydrogens (tertiary/aromatic N) is 3. The fraction of sp³-hybridized carbons (Fsp3) is 0.583. The molecule has 2 aliphatic heterocycles. The molecule has 1 aromatic carbocycles. The first-order valence-electron chi connectivity index (χ1n) is 12.0. The Kier molecular flexibility index (Phi) is 6.89. The van der Waals surface area contributed by atoms with Crippen molar-refractivity contribution in [3.8, 4) is 0 Å². The minimum Gasteiger partial charge on any atom is -0.387 e. The van der Waals surface area contributed by atoms with Gasteiger partial charge in [0.25, 0.3) is 0 Å². The van der Waals surface area contributed by atoms with Gasteiger partial charge in [0, 0.05) is 49.9 Å². The molecule has 2 aromatic rings. The normalized spacial score (nSPS) is 22.3. The lowest BCUT2D eigenvalue weighted by molar-refractivity contribution is -0.135. The van der Waals surface area contributed by atoms with Crippen molar-refractivity contribution < 1.29 is 14.3 Å². The second kappa shape index (κ2) is 10.0. The first-order valence-corrected chi connectivity index (χ1v) is 13.0. The standard InChI is InChI=1S/C24H32FN5O2S/c25-17-11-16-12-21(28-23(16)20(13-17)26-18-3-1-2-4-18)24-27-19(15-33-24)5-6-29-7-9-30(10-8-29)22(32)14-31/h11-13,18-19,26,28,31H,1-10,14-15H2. The number of nitrogens with one attached hydrogen (secondary N) is 2. The molecule has 178 valence electrons. The first kappa shape index (κ1) is 22.7. The zero-order valence-electron chi connectivity index (χ0n) is 18.9. The number of halogens is 1. The number of aromatic nitrogens is 1. The number of fused-ring (bicyclic) bond motifs is 1. The Morgan fingerprint density at radius 2 is 2.00 bits per heavy atom. The second-order valence-electron chi connectivity index (χ2n) is 9.29. The average molecular weight is 474 g/mol. The lowest BCUT2D eigenvalue weighted by atomic mass is 10.2. The second-order valence-corrected chi connectivity index (χ2v) is 10.3. The number of H-pyrrole nitrogens is 1. The van der Waals surface area contributed by atoms with Gasteiger partial charge in [0.2, 0.25) is 5.91 Å². The summed E-state index contributed by atoms with van der Waals surface area (Å²) in [6, 6.07) is 5.90.